The summed E-state index contributed by atoms with van der Waals surface area (Å²) in [6.45, 7) is 8.85. The van der Waals surface area contributed by atoms with Gasteiger partial charge in [0.15, 0.2) is 5.65 Å². The monoisotopic (exact) mass is 477 g/mol. The van der Waals surface area contributed by atoms with E-state index in [1.807, 2.05) is 12.1 Å². The van der Waals surface area contributed by atoms with Crippen LogP contribution in [0, 0.1) is 12.8 Å². The van der Waals surface area contributed by atoms with Crippen molar-refractivity contribution in [2.45, 2.75) is 59.4 Å². The molecule has 1 atom stereocenters. The second-order valence-electron chi connectivity index (χ2n) is 10.2. The van der Waals surface area contributed by atoms with E-state index in [2.05, 4.69) is 89.3 Å². The summed E-state index contributed by atoms with van der Waals surface area (Å²) in [6.07, 6.45) is 3.95. The van der Waals surface area contributed by atoms with Crippen LogP contribution < -0.4 is 0 Å². The molecule has 0 saturated heterocycles. The summed E-state index contributed by atoms with van der Waals surface area (Å²) in [7, 11) is 0. The van der Waals surface area contributed by atoms with Gasteiger partial charge in [-0.25, -0.2) is 9.97 Å². The number of nitrogens with zero attached hydrogens (tertiary/aromatic N) is 6. The maximum atomic E-state index is 5.15. The Labute approximate surface area is 211 Å². The van der Waals surface area contributed by atoms with E-state index in [-0.39, 0.29) is 6.04 Å². The highest BCUT2D eigenvalue weighted by Crippen LogP contribution is 2.40. The first-order valence-electron chi connectivity index (χ1n) is 12.9. The minimum absolute atomic E-state index is 0.252. The van der Waals surface area contributed by atoms with Gasteiger partial charge in [0.2, 0.25) is 5.82 Å². The molecule has 3 heterocycles. The number of rotatable bonds is 6. The third-order valence-corrected chi connectivity index (χ3v) is 7.22. The standard InChI is InChI=1S/C29H31N7/c1-5-26-31-27-18(4)15-21(14-17(2)3)30-29(27)36(26)25-13-11-20-16-19(10-12-23(20)25)22-8-6-7-9-24(22)28-32-34-35-33-28/h6-10,12,15-17,25H,5,11,13-14H2,1-4H3,(H,32,33,34,35). The summed E-state index contributed by atoms with van der Waals surface area (Å²) < 4.78 is 2.42. The lowest BCUT2D eigenvalue weighted by atomic mass is 9.96. The van der Waals surface area contributed by atoms with E-state index in [0.29, 0.717) is 11.7 Å². The van der Waals surface area contributed by atoms with Gasteiger partial charge in [-0.3, -0.25) is 0 Å². The van der Waals surface area contributed by atoms with Gasteiger partial charge in [-0.05, 0) is 71.2 Å². The van der Waals surface area contributed by atoms with E-state index in [1.54, 1.807) is 0 Å². The van der Waals surface area contributed by atoms with Crippen LogP contribution in [0.4, 0.5) is 0 Å². The quantitative estimate of drug-likeness (QED) is 0.330. The zero-order valence-electron chi connectivity index (χ0n) is 21.3. The zero-order valence-corrected chi connectivity index (χ0v) is 21.3. The number of nitrogens with one attached hydrogen (secondary N) is 1. The molecule has 36 heavy (non-hydrogen) atoms. The Bertz CT molecular complexity index is 1550. The fraction of sp³-hybridized carbons (Fsp3) is 0.345. The second kappa shape index (κ2) is 8.97. The fourth-order valence-corrected chi connectivity index (χ4v) is 5.66. The molecule has 1 aliphatic rings. The van der Waals surface area contributed by atoms with Crippen LogP contribution >= 0.6 is 0 Å². The Kier molecular flexibility index (Phi) is 5.63. The Hall–Kier alpha value is -3.87. The van der Waals surface area contributed by atoms with Crippen molar-refractivity contribution in [3.05, 3.63) is 76.7 Å². The molecular weight excluding hydrogens is 446 g/mol. The maximum Gasteiger partial charge on any atom is 0.205 e. The van der Waals surface area contributed by atoms with Gasteiger partial charge in [0.1, 0.15) is 11.3 Å². The highest BCUT2D eigenvalue weighted by atomic mass is 15.5. The van der Waals surface area contributed by atoms with Crippen LogP contribution in [0.5, 0.6) is 0 Å². The molecule has 0 spiro atoms. The molecule has 182 valence electrons. The van der Waals surface area contributed by atoms with Gasteiger partial charge in [0.05, 0.1) is 6.04 Å². The molecule has 1 N–H and O–H groups in total. The molecular formula is C29H31N7. The van der Waals surface area contributed by atoms with Crippen LogP contribution in [0.1, 0.15) is 61.4 Å². The summed E-state index contributed by atoms with van der Waals surface area (Å²) in [4.78, 5) is 10.2. The second-order valence-corrected chi connectivity index (χ2v) is 10.2. The number of hydrogen-bond acceptors (Lipinski definition) is 5. The number of aromatic amines is 1. The molecule has 0 amide bonds. The molecule has 0 aliphatic heterocycles. The molecule has 1 aliphatic carbocycles. The van der Waals surface area contributed by atoms with Gasteiger partial charge in [0, 0.05) is 17.7 Å². The van der Waals surface area contributed by atoms with Crippen molar-refractivity contribution in [3.8, 4) is 22.5 Å². The number of tetrazole rings is 1. The predicted octanol–water partition coefficient (Wildman–Crippen LogP) is 5.88. The molecule has 0 radical (unpaired) electrons. The number of benzene rings is 2. The molecule has 1 unspecified atom stereocenters. The van der Waals surface area contributed by atoms with Crippen LogP contribution in [0.25, 0.3) is 33.7 Å². The lowest BCUT2D eigenvalue weighted by molar-refractivity contribution is 0.565. The lowest BCUT2D eigenvalue weighted by Gasteiger charge is -2.18. The Morgan fingerprint density at radius 2 is 1.89 bits per heavy atom. The number of hydrogen-bond donors (Lipinski definition) is 1. The molecule has 0 fully saturated rings. The third-order valence-electron chi connectivity index (χ3n) is 7.22. The molecule has 7 heteroatoms. The van der Waals surface area contributed by atoms with E-state index in [0.717, 1.165) is 59.5 Å². The van der Waals surface area contributed by atoms with Crippen molar-refractivity contribution >= 4 is 11.2 Å². The number of imidazole rings is 1. The Balaban J connectivity index is 1.44. The summed E-state index contributed by atoms with van der Waals surface area (Å²) in [5.74, 6) is 2.30. The average Bonchev–Trinajstić information content (AvgIpc) is 3.62. The van der Waals surface area contributed by atoms with Gasteiger partial charge < -0.3 is 4.57 Å². The van der Waals surface area contributed by atoms with Crippen molar-refractivity contribution in [2.24, 2.45) is 5.92 Å². The highest BCUT2D eigenvalue weighted by molar-refractivity contribution is 5.81. The molecule has 7 nitrogen and oxygen atoms in total. The number of H-pyrrole nitrogens is 1. The molecule has 3 aromatic heterocycles. The van der Waals surface area contributed by atoms with Gasteiger partial charge in [-0.15, -0.1) is 10.2 Å². The zero-order chi connectivity index (χ0) is 24.8. The lowest BCUT2D eigenvalue weighted by Crippen LogP contribution is -2.12. The molecule has 0 saturated carbocycles. The smallest absolute Gasteiger partial charge is 0.205 e. The fourth-order valence-electron chi connectivity index (χ4n) is 5.66. The van der Waals surface area contributed by atoms with Gasteiger partial charge >= 0.3 is 0 Å². The summed E-state index contributed by atoms with van der Waals surface area (Å²) in [5, 5.41) is 14.7. The Morgan fingerprint density at radius 1 is 1.06 bits per heavy atom. The maximum absolute atomic E-state index is 5.15. The van der Waals surface area contributed by atoms with Crippen molar-refractivity contribution < 1.29 is 0 Å². The third kappa shape index (κ3) is 3.79. The van der Waals surface area contributed by atoms with Crippen molar-refractivity contribution in [2.75, 3.05) is 0 Å². The van der Waals surface area contributed by atoms with Crippen LogP contribution in [-0.2, 0) is 19.3 Å². The molecule has 5 aromatic rings. The van der Waals surface area contributed by atoms with Crippen molar-refractivity contribution in [1.29, 1.82) is 0 Å². The number of aromatic nitrogens is 7. The molecule has 6 rings (SSSR count). The van der Waals surface area contributed by atoms with Crippen molar-refractivity contribution in [3.63, 3.8) is 0 Å². The minimum atomic E-state index is 0.252. The SMILES string of the molecule is CCc1nc2c(C)cc(CC(C)C)nc2n1C1CCc2cc(-c3ccccc3-c3nn[nH]n3)ccc21. The summed E-state index contributed by atoms with van der Waals surface area (Å²) in [6, 6.07) is 17.6. The average molecular weight is 478 g/mol. The van der Waals surface area contributed by atoms with E-state index in [1.165, 1.54) is 22.3 Å². The largest absolute Gasteiger partial charge is 0.305 e. The van der Waals surface area contributed by atoms with Gasteiger partial charge in [0.25, 0.3) is 0 Å². The normalized spacial score (nSPS) is 15.2. The van der Waals surface area contributed by atoms with E-state index in [4.69, 9.17) is 9.97 Å². The first-order valence-corrected chi connectivity index (χ1v) is 12.9. The van der Waals surface area contributed by atoms with E-state index >= 15 is 0 Å². The van der Waals surface area contributed by atoms with Crippen LogP contribution in [0.3, 0.4) is 0 Å². The van der Waals surface area contributed by atoms with Crippen LogP contribution in [0.15, 0.2) is 48.5 Å². The van der Waals surface area contributed by atoms with E-state index in [9.17, 15) is 0 Å². The summed E-state index contributed by atoms with van der Waals surface area (Å²) in [5.41, 5.74) is 10.5. The number of fused-ring (bicyclic) bond motifs is 2. The summed E-state index contributed by atoms with van der Waals surface area (Å²) >= 11 is 0. The van der Waals surface area contributed by atoms with E-state index < -0.39 is 0 Å². The van der Waals surface area contributed by atoms with Crippen LogP contribution in [-0.4, -0.2) is 35.2 Å². The topological polar surface area (TPSA) is 85.2 Å². The van der Waals surface area contributed by atoms with Gasteiger partial charge in [-0.1, -0.05) is 63.2 Å². The highest BCUT2D eigenvalue weighted by Gasteiger charge is 2.29. The number of pyridine rings is 1. The predicted molar refractivity (Wildman–Crippen MR) is 142 cm³/mol. The molecule has 0 bridgehead atoms. The first kappa shape index (κ1) is 22.6. The van der Waals surface area contributed by atoms with Crippen molar-refractivity contribution in [1.82, 2.24) is 35.2 Å². The number of aryl methyl sites for hydroxylation is 3. The molecule has 2 aromatic carbocycles. The minimum Gasteiger partial charge on any atom is -0.305 e. The van der Waals surface area contributed by atoms with Crippen LogP contribution in [0.2, 0.25) is 0 Å². The van der Waals surface area contributed by atoms with Gasteiger partial charge in [-0.2, -0.15) is 5.21 Å². The Morgan fingerprint density at radius 3 is 2.64 bits per heavy atom. The first-order chi connectivity index (χ1) is 17.5.